The molecule has 204 valence electrons. The minimum absolute atomic E-state index is 0.0472. The Labute approximate surface area is 234 Å². The molecule has 0 saturated heterocycles. The molecule has 4 aromatic rings. The first-order chi connectivity index (χ1) is 19.3. The molecule has 0 spiro atoms. The Balaban J connectivity index is 1.45. The third kappa shape index (κ3) is 5.98. The normalized spacial score (nSPS) is 17.2. The van der Waals surface area contributed by atoms with Gasteiger partial charge in [-0.1, -0.05) is 78.9 Å². The van der Waals surface area contributed by atoms with Crippen LogP contribution in [0.1, 0.15) is 17.2 Å². The quantitative estimate of drug-likeness (QED) is 0.269. The third-order valence-corrected chi connectivity index (χ3v) is 8.74. The van der Waals surface area contributed by atoms with Gasteiger partial charge in [0, 0.05) is 13.1 Å². The maximum atomic E-state index is 13.8. The largest absolute Gasteiger partial charge is 0.497 e. The Morgan fingerprint density at radius 1 is 0.850 bits per heavy atom. The fourth-order valence-corrected chi connectivity index (χ4v) is 6.06. The lowest BCUT2D eigenvalue weighted by Crippen LogP contribution is -2.45. The molecule has 1 aliphatic rings. The standard InChI is InChI=1S/C32H29FN2O4S/c1-39-29-17-11-27(12-18-29)31-8-5-21-34(23-32(36)35(31)22-24-9-15-28(33)16-10-24)40(37,38)30-19-13-26(14-20-30)25-6-3-2-4-7-25/h2-20,31H,21-23H2,1H3/b8-5-. The van der Waals surface area contributed by atoms with Gasteiger partial charge in [0.2, 0.25) is 15.9 Å². The summed E-state index contributed by atoms with van der Waals surface area (Å²) in [7, 11) is -2.38. The van der Waals surface area contributed by atoms with Crippen LogP contribution in [0.3, 0.4) is 0 Å². The molecule has 0 bridgehead atoms. The van der Waals surface area contributed by atoms with Crippen molar-refractivity contribution in [3.8, 4) is 16.9 Å². The minimum atomic E-state index is -3.96. The number of carbonyl (C=O) groups excluding carboxylic acids is 1. The Kier molecular flexibility index (Phi) is 8.09. The second-order valence-corrected chi connectivity index (χ2v) is 11.4. The molecule has 1 amide bonds. The van der Waals surface area contributed by atoms with Crippen molar-refractivity contribution in [3.63, 3.8) is 0 Å². The van der Waals surface area contributed by atoms with Crippen molar-refractivity contribution in [2.75, 3.05) is 20.2 Å². The van der Waals surface area contributed by atoms with Crippen molar-refractivity contribution in [2.24, 2.45) is 0 Å². The zero-order chi connectivity index (χ0) is 28.1. The van der Waals surface area contributed by atoms with E-state index in [2.05, 4.69) is 0 Å². The van der Waals surface area contributed by atoms with E-state index in [1.807, 2.05) is 60.7 Å². The number of rotatable bonds is 7. The van der Waals surface area contributed by atoms with Gasteiger partial charge in [-0.05, 0) is 58.7 Å². The van der Waals surface area contributed by atoms with Crippen molar-refractivity contribution >= 4 is 15.9 Å². The Bertz CT molecular complexity index is 1590. The predicted molar refractivity (Wildman–Crippen MR) is 152 cm³/mol. The molecule has 0 aromatic heterocycles. The molecule has 0 saturated carbocycles. The molecule has 4 aromatic carbocycles. The smallest absolute Gasteiger partial charge is 0.243 e. The molecule has 6 nitrogen and oxygen atoms in total. The highest BCUT2D eigenvalue weighted by atomic mass is 32.2. The molecule has 1 heterocycles. The summed E-state index contributed by atoms with van der Waals surface area (Å²) in [5, 5.41) is 0. The fourth-order valence-electron chi connectivity index (χ4n) is 4.72. The number of hydrogen-bond donors (Lipinski definition) is 0. The van der Waals surface area contributed by atoms with Gasteiger partial charge in [0.1, 0.15) is 11.6 Å². The highest BCUT2D eigenvalue weighted by molar-refractivity contribution is 7.89. The van der Waals surface area contributed by atoms with Crippen LogP contribution in [-0.4, -0.2) is 43.7 Å². The van der Waals surface area contributed by atoms with Crippen LogP contribution in [0, 0.1) is 5.82 Å². The second kappa shape index (κ2) is 11.9. The summed E-state index contributed by atoms with van der Waals surface area (Å²) in [4.78, 5) is 15.5. The molecule has 0 fully saturated rings. The lowest BCUT2D eigenvalue weighted by Gasteiger charge is -2.34. The van der Waals surface area contributed by atoms with E-state index in [0.29, 0.717) is 5.75 Å². The van der Waals surface area contributed by atoms with E-state index in [1.54, 1.807) is 54.5 Å². The molecular weight excluding hydrogens is 527 g/mol. The number of ether oxygens (including phenoxy) is 1. The summed E-state index contributed by atoms with van der Waals surface area (Å²) in [6.07, 6.45) is 3.61. The van der Waals surface area contributed by atoms with Crippen LogP contribution >= 0.6 is 0 Å². The van der Waals surface area contributed by atoms with Crippen molar-refractivity contribution in [2.45, 2.75) is 17.5 Å². The van der Waals surface area contributed by atoms with Crippen LogP contribution < -0.4 is 4.74 Å². The van der Waals surface area contributed by atoms with E-state index in [4.69, 9.17) is 4.74 Å². The number of benzene rings is 4. The number of amides is 1. The average Bonchev–Trinajstić information content (AvgIpc) is 2.98. The Hall–Kier alpha value is -4.27. The predicted octanol–water partition coefficient (Wildman–Crippen LogP) is 5.83. The van der Waals surface area contributed by atoms with Crippen molar-refractivity contribution in [1.29, 1.82) is 0 Å². The number of carbonyl (C=O) groups is 1. The molecule has 8 heteroatoms. The summed E-state index contributed by atoms with van der Waals surface area (Å²) in [5.74, 6) is -0.0468. The topological polar surface area (TPSA) is 66.9 Å². The maximum absolute atomic E-state index is 13.8. The third-order valence-electron chi connectivity index (χ3n) is 6.92. The first-order valence-corrected chi connectivity index (χ1v) is 14.3. The van der Waals surface area contributed by atoms with Gasteiger partial charge in [0.25, 0.3) is 0 Å². The lowest BCUT2D eigenvalue weighted by atomic mass is 10.0. The summed E-state index contributed by atoms with van der Waals surface area (Å²) < 4.78 is 47.3. The molecule has 0 radical (unpaired) electrons. The van der Waals surface area contributed by atoms with E-state index in [1.165, 1.54) is 16.4 Å². The molecular formula is C32H29FN2O4S. The molecule has 1 unspecified atom stereocenters. The van der Waals surface area contributed by atoms with Gasteiger partial charge < -0.3 is 9.64 Å². The minimum Gasteiger partial charge on any atom is -0.497 e. The Morgan fingerprint density at radius 2 is 1.50 bits per heavy atom. The van der Waals surface area contributed by atoms with Gasteiger partial charge in [0.15, 0.2) is 0 Å². The van der Waals surface area contributed by atoms with Gasteiger partial charge in [-0.15, -0.1) is 0 Å². The molecule has 1 atom stereocenters. The summed E-state index contributed by atoms with van der Waals surface area (Å²) in [6, 6.07) is 29.3. The first kappa shape index (κ1) is 27.3. The number of hydrogen-bond acceptors (Lipinski definition) is 4. The van der Waals surface area contributed by atoms with Gasteiger partial charge in [-0.2, -0.15) is 4.31 Å². The van der Waals surface area contributed by atoms with E-state index < -0.39 is 16.1 Å². The maximum Gasteiger partial charge on any atom is 0.243 e. The van der Waals surface area contributed by atoms with Crippen LogP contribution in [0.4, 0.5) is 4.39 Å². The molecule has 0 N–H and O–H groups in total. The SMILES string of the molecule is COc1ccc(C2/C=C\CN(S(=O)(=O)c3ccc(-c4ccccc4)cc3)CC(=O)N2Cc2ccc(F)cc2)cc1. The van der Waals surface area contributed by atoms with Crippen molar-refractivity contribution in [3.05, 3.63) is 132 Å². The number of methoxy groups -OCH3 is 1. The molecule has 40 heavy (non-hydrogen) atoms. The number of sulfonamides is 1. The van der Waals surface area contributed by atoms with Crippen molar-refractivity contribution in [1.82, 2.24) is 9.21 Å². The van der Waals surface area contributed by atoms with Crippen LogP contribution in [0.2, 0.25) is 0 Å². The van der Waals surface area contributed by atoms with Crippen LogP contribution in [-0.2, 0) is 21.4 Å². The summed E-state index contributed by atoms with van der Waals surface area (Å²) in [5.41, 5.74) is 3.46. The zero-order valence-corrected chi connectivity index (χ0v) is 22.8. The molecule has 5 rings (SSSR count). The Morgan fingerprint density at radius 3 is 2.15 bits per heavy atom. The van der Waals surface area contributed by atoms with E-state index in [9.17, 15) is 17.6 Å². The number of halogens is 1. The number of nitrogens with zero attached hydrogens (tertiary/aromatic N) is 2. The van der Waals surface area contributed by atoms with Gasteiger partial charge in [0.05, 0.1) is 24.6 Å². The van der Waals surface area contributed by atoms with Crippen LogP contribution in [0.25, 0.3) is 11.1 Å². The van der Waals surface area contributed by atoms with Gasteiger partial charge in [-0.3, -0.25) is 4.79 Å². The first-order valence-electron chi connectivity index (χ1n) is 12.9. The monoisotopic (exact) mass is 556 g/mol. The molecule has 1 aliphatic heterocycles. The van der Waals surface area contributed by atoms with E-state index in [0.717, 1.165) is 22.3 Å². The second-order valence-electron chi connectivity index (χ2n) is 9.48. The van der Waals surface area contributed by atoms with E-state index >= 15 is 0 Å². The van der Waals surface area contributed by atoms with Gasteiger partial charge >= 0.3 is 0 Å². The van der Waals surface area contributed by atoms with Crippen LogP contribution in [0.5, 0.6) is 5.75 Å². The average molecular weight is 557 g/mol. The summed E-state index contributed by atoms with van der Waals surface area (Å²) >= 11 is 0. The lowest BCUT2D eigenvalue weighted by molar-refractivity contribution is -0.133. The fraction of sp³-hybridized carbons (Fsp3) is 0.156. The summed E-state index contributed by atoms with van der Waals surface area (Å²) in [6.45, 7) is -0.105. The zero-order valence-electron chi connectivity index (χ0n) is 22.0. The van der Waals surface area contributed by atoms with Crippen molar-refractivity contribution < 1.29 is 22.3 Å². The molecule has 0 aliphatic carbocycles. The van der Waals surface area contributed by atoms with E-state index in [-0.39, 0.29) is 36.3 Å². The van der Waals surface area contributed by atoms with Gasteiger partial charge in [-0.25, -0.2) is 12.8 Å². The highest BCUT2D eigenvalue weighted by Gasteiger charge is 2.32. The van der Waals surface area contributed by atoms with Crippen LogP contribution in [0.15, 0.2) is 120 Å². The highest BCUT2D eigenvalue weighted by Crippen LogP contribution is 2.29.